The zero-order valence-electron chi connectivity index (χ0n) is 7.06. The van der Waals surface area contributed by atoms with Crippen molar-refractivity contribution in [3.8, 4) is 0 Å². The van der Waals surface area contributed by atoms with E-state index in [0.29, 0.717) is 6.54 Å². The van der Waals surface area contributed by atoms with Crippen molar-refractivity contribution < 1.29 is 65.9 Å². The number of rotatable bonds is 3. The molecule has 0 aliphatic heterocycles. The van der Waals surface area contributed by atoms with Gasteiger partial charge in [-0.15, -0.1) is 0 Å². The second kappa shape index (κ2) is 6.74. The molecule has 0 aliphatic rings. The molecule has 1 rings (SSSR count). The van der Waals surface area contributed by atoms with Crippen LogP contribution in [0.25, 0.3) is 0 Å². The number of carbonyl (C=O) groups is 1. The molecular formula is C8H9KNO2+. The summed E-state index contributed by atoms with van der Waals surface area (Å²) in [6, 6.07) is 5.60. The summed E-state index contributed by atoms with van der Waals surface area (Å²) in [6.45, 7) is 0.475. The number of pyridine rings is 1. The average Bonchev–Trinajstić information content (AvgIpc) is 2.03. The van der Waals surface area contributed by atoms with E-state index >= 15 is 0 Å². The van der Waals surface area contributed by atoms with Crippen LogP contribution in [0, 0.1) is 0 Å². The number of carboxylic acids is 1. The molecule has 4 heteroatoms. The van der Waals surface area contributed by atoms with Crippen LogP contribution < -0.4 is 61.1 Å². The molecule has 0 N–H and O–H groups in total. The van der Waals surface area contributed by atoms with Gasteiger partial charge in [0.15, 0.2) is 18.9 Å². The van der Waals surface area contributed by atoms with E-state index in [-0.39, 0.29) is 57.8 Å². The molecule has 0 saturated carbocycles. The summed E-state index contributed by atoms with van der Waals surface area (Å²) >= 11 is 0. The Morgan fingerprint density at radius 3 is 2.33 bits per heavy atom. The minimum atomic E-state index is -1.01. The molecule has 0 fully saturated rings. The molecule has 0 aliphatic carbocycles. The SMILES string of the molecule is O=C([O-])CC[n+]1ccccc1.[K+]. The van der Waals surface area contributed by atoms with Gasteiger partial charge >= 0.3 is 51.4 Å². The minimum Gasteiger partial charge on any atom is -0.550 e. The van der Waals surface area contributed by atoms with Crippen molar-refractivity contribution in [2.45, 2.75) is 13.0 Å². The van der Waals surface area contributed by atoms with Crippen molar-refractivity contribution in [1.82, 2.24) is 0 Å². The Morgan fingerprint density at radius 1 is 1.25 bits per heavy atom. The Hall–Kier alpha value is 0.256. The quantitative estimate of drug-likeness (QED) is 0.361. The number of carbonyl (C=O) groups excluding carboxylic acids is 1. The first-order chi connectivity index (χ1) is 5.29. The number of hydrogen-bond donors (Lipinski definition) is 0. The molecule has 0 unspecified atom stereocenters. The molecule has 58 valence electrons. The van der Waals surface area contributed by atoms with Crippen LogP contribution in [0.3, 0.4) is 0 Å². The van der Waals surface area contributed by atoms with Gasteiger partial charge in [-0.25, -0.2) is 4.57 Å². The molecule has 1 aromatic rings. The summed E-state index contributed by atoms with van der Waals surface area (Å²) in [6.07, 6.45) is 3.71. The van der Waals surface area contributed by atoms with Crippen molar-refractivity contribution in [3.63, 3.8) is 0 Å². The van der Waals surface area contributed by atoms with Gasteiger partial charge in [-0.05, 0) is 0 Å². The monoisotopic (exact) mass is 190 g/mol. The van der Waals surface area contributed by atoms with E-state index in [9.17, 15) is 9.90 Å². The molecule has 1 heterocycles. The van der Waals surface area contributed by atoms with Gasteiger partial charge in [0.25, 0.3) is 0 Å². The second-order valence-electron chi connectivity index (χ2n) is 2.24. The summed E-state index contributed by atoms with van der Waals surface area (Å²) in [5.41, 5.74) is 0. The van der Waals surface area contributed by atoms with Crippen LogP contribution in [-0.4, -0.2) is 5.97 Å². The molecular weight excluding hydrogens is 181 g/mol. The number of carboxylic acid groups (broad SMARTS) is 1. The first kappa shape index (κ1) is 12.3. The molecule has 0 amide bonds. The van der Waals surface area contributed by atoms with Crippen LogP contribution >= 0.6 is 0 Å². The first-order valence-electron chi connectivity index (χ1n) is 3.43. The first-order valence-corrected chi connectivity index (χ1v) is 3.43. The summed E-state index contributed by atoms with van der Waals surface area (Å²) < 4.78 is 1.80. The van der Waals surface area contributed by atoms with E-state index < -0.39 is 5.97 Å². The molecule has 1 aromatic heterocycles. The van der Waals surface area contributed by atoms with Gasteiger partial charge < -0.3 is 9.90 Å². The molecule has 12 heavy (non-hydrogen) atoms. The normalized spacial score (nSPS) is 8.67. The Balaban J connectivity index is 0.00000121. The van der Waals surface area contributed by atoms with E-state index in [1.54, 1.807) is 4.57 Å². The number of aromatic nitrogens is 1. The Kier molecular flexibility index (Phi) is 6.88. The third kappa shape index (κ3) is 5.00. The third-order valence-corrected chi connectivity index (χ3v) is 1.35. The Bertz CT molecular complexity index is 238. The molecule has 0 radical (unpaired) electrons. The third-order valence-electron chi connectivity index (χ3n) is 1.35. The van der Waals surface area contributed by atoms with E-state index in [4.69, 9.17) is 0 Å². The number of aryl methyl sites for hydroxylation is 1. The van der Waals surface area contributed by atoms with Gasteiger partial charge in [-0.3, -0.25) is 0 Å². The van der Waals surface area contributed by atoms with E-state index in [1.807, 2.05) is 30.6 Å². The molecule has 0 aromatic carbocycles. The van der Waals surface area contributed by atoms with Gasteiger partial charge in [0.05, 0.1) is 0 Å². The fourth-order valence-electron chi connectivity index (χ4n) is 0.804. The van der Waals surface area contributed by atoms with Crippen LogP contribution in [0.1, 0.15) is 6.42 Å². The average molecular weight is 190 g/mol. The molecule has 3 nitrogen and oxygen atoms in total. The molecule has 0 saturated heterocycles. The Morgan fingerprint density at radius 2 is 1.83 bits per heavy atom. The zero-order chi connectivity index (χ0) is 8.10. The minimum absolute atomic E-state index is 0. The van der Waals surface area contributed by atoms with Crippen LogP contribution in [0.4, 0.5) is 0 Å². The predicted octanol–water partition coefficient (Wildman–Crippen LogP) is -3.88. The summed E-state index contributed by atoms with van der Waals surface area (Å²) in [4.78, 5) is 10.0. The fourth-order valence-corrected chi connectivity index (χ4v) is 0.804. The van der Waals surface area contributed by atoms with Crippen LogP contribution in [0.2, 0.25) is 0 Å². The second-order valence-corrected chi connectivity index (χ2v) is 2.24. The van der Waals surface area contributed by atoms with Crippen molar-refractivity contribution in [3.05, 3.63) is 30.6 Å². The summed E-state index contributed by atoms with van der Waals surface area (Å²) in [5, 5.41) is 10.0. The Labute approximate surface area is 114 Å². The molecule has 0 bridgehead atoms. The predicted molar refractivity (Wildman–Crippen MR) is 36.3 cm³/mol. The number of aliphatic carboxylic acids is 1. The summed E-state index contributed by atoms with van der Waals surface area (Å²) in [5.74, 6) is -1.01. The van der Waals surface area contributed by atoms with Gasteiger partial charge in [0, 0.05) is 24.5 Å². The topological polar surface area (TPSA) is 44.0 Å². The van der Waals surface area contributed by atoms with Gasteiger partial charge in [0.1, 0.15) is 0 Å². The van der Waals surface area contributed by atoms with E-state index in [1.165, 1.54) is 0 Å². The summed E-state index contributed by atoms with van der Waals surface area (Å²) in [7, 11) is 0. The van der Waals surface area contributed by atoms with Crippen LogP contribution in [-0.2, 0) is 11.3 Å². The van der Waals surface area contributed by atoms with Gasteiger partial charge in [0.2, 0.25) is 0 Å². The van der Waals surface area contributed by atoms with Crippen molar-refractivity contribution in [2.75, 3.05) is 0 Å². The number of hydrogen-bond acceptors (Lipinski definition) is 2. The maximum atomic E-state index is 10.0. The van der Waals surface area contributed by atoms with Crippen LogP contribution in [0.5, 0.6) is 0 Å². The van der Waals surface area contributed by atoms with Gasteiger partial charge in [-0.2, -0.15) is 0 Å². The maximum absolute atomic E-state index is 10.0. The van der Waals surface area contributed by atoms with Crippen molar-refractivity contribution in [2.24, 2.45) is 0 Å². The number of nitrogens with zero attached hydrogens (tertiary/aromatic N) is 1. The molecule has 0 atom stereocenters. The standard InChI is InChI=1S/C8H9NO2.K/c10-8(11)4-7-9-5-2-1-3-6-9;/h1-3,5-6H,4,7H2;/q;+1. The fraction of sp³-hybridized carbons (Fsp3) is 0.250. The zero-order valence-corrected chi connectivity index (χ0v) is 10.2. The largest absolute Gasteiger partial charge is 1.00 e. The molecule has 0 spiro atoms. The van der Waals surface area contributed by atoms with Crippen molar-refractivity contribution in [1.29, 1.82) is 0 Å². The van der Waals surface area contributed by atoms with Crippen LogP contribution in [0.15, 0.2) is 30.6 Å². The van der Waals surface area contributed by atoms with Crippen molar-refractivity contribution >= 4 is 5.97 Å². The van der Waals surface area contributed by atoms with Gasteiger partial charge in [-0.1, -0.05) is 6.07 Å². The van der Waals surface area contributed by atoms with E-state index in [2.05, 4.69) is 0 Å². The maximum Gasteiger partial charge on any atom is 1.00 e. The smallest absolute Gasteiger partial charge is 0.550 e. The van der Waals surface area contributed by atoms with E-state index in [0.717, 1.165) is 0 Å².